The average molecular weight is 239 g/mol. The highest BCUT2D eigenvalue weighted by molar-refractivity contribution is 4.90. The lowest BCUT2D eigenvalue weighted by Crippen LogP contribution is -2.32. The fraction of sp³-hybridized carbons (Fsp3) is 1.00. The molecule has 1 fully saturated rings. The van der Waals surface area contributed by atoms with Gasteiger partial charge in [-0.3, -0.25) is 0 Å². The molecular formula is C16H33N. The van der Waals surface area contributed by atoms with Crippen LogP contribution in [0.5, 0.6) is 0 Å². The molecule has 0 bridgehead atoms. The first-order chi connectivity index (χ1) is 8.05. The molecule has 1 nitrogen and oxygen atoms in total. The first-order valence-corrected chi connectivity index (χ1v) is 7.78. The largest absolute Gasteiger partial charge is 0.314 e. The highest BCUT2D eigenvalue weighted by atomic mass is 14.9. The minimum absolute atomic E-state index is 0.568. The molecule has 0 radical (unpaired) electrons. The van der Waals surface area contributed by atoms with Crippen LogP contribution in [0, 0.1) is 11.3 Å². The molecule has 0 aromatic carbocycles. The fourth-order valence-corrected chi connectivity index (χ4v) is 3.36. The Morgan fingerprint density at radius 3 is 2.24 bits per heavy atom. The van der Waals surface area contributed by atoms with Crippen molar-refractivity contribution in [2.75, 3.05) is 6.54 Å². The Kier molecular flexibility index (Phi) is 6.54. The molecule has 2 unspecified atom stereocenters. The van der Waals surface area contributed by atoms with Crippen molar-refractivity contribution in [1.82, 2.24) is 5.32 Å². The predicted octanol–water partition coefficient (Wildman–Crippen LogP) is 4.76. The Morgan fingerprint density at radius 1 is 1.00 bits per heavy atom. The van der Waals surface area contributed by atoms with Gasteiger partial charge in [-0.05, 0) is 37.1 Å². The van der Waals surface area contributed by atoms with Gasteiger partial charge in [0.25, 0.3) is 0 Å². The number of unbranched alkanes of at least 4 members (excludes halogenated alkanes) is 5. The maximum Gasteiger partial charge on any atom is 0.00979 e. The van der Waals surface area contributed by atoms with Crippen molar-refractivity contribution >= 4 is 0 Å². The number of hydrogen-bond acceptors (Lipinski definition) is 1. The van der Waals surface area contributed by atoms with E-state index in [2.05, 4.69) is 33.0 Å². The van der Waals surface area contributed by atoms with E-state index in [1.165, 1.54) is 57.9 Å². The third-order valence-electron chi connectivity index (χ3n) is 4.27. The first-order valence-electron chi connectivity index (χ1n) is 7.78. The van der Waals surface area contributed by atoms with Gasteiger partial charge in [0.1, 0.15) is 0 Å². The van der Waals surface area contributed by atoms with Crippen LogP contribution in [0.4, 0.5) is 0 Å². The van der Waals surface area contributed by atoms with Gasteiger partial charge in [0, 0.05) is 6.04 Å². The summed E-state index contributed by atoms with van der Waals surface area (Å²) in [5.41, 5.74) is 0.568. The van der Waals surface area contributed by atoms with E-state index in [1.807, 2.05) is 0 Å². The van der Waals surface area contributed by atoms with Gasteiger partial charge in [0.15, 0.2) is 0 Å². The maximum atomic E-state index is 3.78. The molecule has 1 aliphatic rings. The summed E-state index contributed by atoms with van der Waals surface area (Å²) in [5.74, 6) is 0.866. The Morgan fingerprint density at radius 2 is 1.65 bits per heavy atom. The summed E-state index contributed by atoms with van der Waals surface area (Å²) in [6.07, 6.45) is 11.2. The molecule has 1 heteroatoms. The molecule has 0 heterocycles. The first kappa shape index (κ1) is 15.0. The van der Waals surface area contributed by atoms with Crippen LogP contribution in [0.3, 0.4) is 0 Å². The Balaban J connectivity index is 2.00. The molecule has 0 aromatic heterocycles. The van der Waals surface area contributed by atoms with Gasteiger partial charge in [-0.25, -0.2) is 0 Å². The van der Waals surface area contributed by atoms with E-state index >= 15 is 0 Å². The Labute approximate surface area is 109 Å². The van der Waals surface area contributed by atoms with Gasteiger partial charge >= 0.3 is 0 Å². The summed E-state index contributed by atoms with van der Waals surface area (Å²) in [6.45, 7) is 10.8. The van der Waals surface area contributed by atoms with Crippen molar-refractivity contribution in [3.63, 3.8) is 0 Å². The number of hydrogen-bond donors (Lipinski definition) is 1. The van der Waals surface area contributed by atoms with Crippen molar-refractivity contribution in [3.8, 4) is 0 Å². The molecule has 1 rings (SSSR count). The Hall–Kier alpha value is -0.0400. The van der Waals surface area contributed by atoms with Crippen molar-refractivity contribution < 1.29 is 0 Å². The normalized spacial score (nSPS) is 27.5. The summed E-state index contributed by atoms with van der Waals surface area (Å²) in [7, 11) is 0. The van der Waals surface area contributed by atoms with E-state index in [0.717, 1.165) is 12.0 Å². The summed E-state index contributed by atoms with van der Waals surface area (Å²) < 4.78 is 0. The highest BCUT2D eigenvalue weighted by Gasteiger charge is 2.35. The zero-order valence-corrected chi connectivity index (χ0v) is 12.5. The van der Waals surface area contributed by atoms with E-state index < -0.39 is 0 Å². The van der Waals surface area contributed by atoms with Crippen LogP contribution in [-0.2, 0) is 0 Å². The second kappa shape index (κ2) is 7.41. The SMILES string of the molecule is CCCCCCCCNC1CC(C)(C)CC1C. The lowest BCUT2D eigenvalue weighted by atomic mass is 9.91. The topological polar surface area (TPSA) is 12.0 Å². The summed E-state index contributed by atoms with van der Waals surface area (Å²) in [6, 6.07) is 0.778. The number of nitrogens with one attached hydrogen (secondary N) is 1. The summed E-state index contributed by atoms with van der Waals surface area (Å²) >= 11 is 0. The predicted molar refractivity (Wildman–Crippen MR) is 77.3 cm³/mol. The third kappa shape index (κ3) is 5.90. The van der Waals surface area contributed by atoms with Crippen LogP contribution in [-0.4, -0.2) is 12.6 Å². The zero-order chi connectivity index (χ0) is 12.7. The molecule has 1 N–H and O–H groups in total. The van der Waals surface area contributed by atoms with Crippen LogP contribution in [0.25, 0.3) is 0 Å². The van der Waals surface area contributed by atoms with Gasteiger partial charge in [-0.2, -0.15) is 0 Å². The molecule has 2 atom stereocenters. The monoisotopic (exact) mass is 239 g/mol. The molecule has 0 saturated heterocycles. The van der Waals surface area contributed by atoms with Gasteiger partial charge in [0.05, 0.1) is 0 Å². The minimum atomic E-state index is 0.568. The smallest absolute Gasteiger partial charge is 0.00979 e. The van der Waals surface area contributed by atoms with E-state index in [4.69, 9.17) is 0 Å². The molecule has 0 amide bonds. The summed E-state index contributed by atoms with van der Waals surface area (Å²) in [4.78, 5) is 0. The molecule has 0 spiro atoms. The molecule has 1 saturated carbocycles. The lowest BCUT2D eigenvalue weighted by molar-refractivity contribution is 0.361. The molecular weight excluding hydrogens is 206 g/mol. The van der Waals surface area contributed by atoms with Crippen LogP contribution in [0.2, 0.25) is 0 Å². The second-order valence-electron chi connectivity index (χ2n) is 6.88. The van der Waals surface area contributed by atoms with Crippen molar-refractivity contribution in [2.24, 2.45) is 11.3 Å². The van der Waals surface area contributed by atoms with Gasteiger partial charge in [0.2, 0.25) is 0 Å². The van der Waals surface area contributed by atoms with E-state index in [0.29, 0.717) is 5.41 Å². The van der Waals surface area contributed by atoms with Crippen molar-refractivity contribution in [2.45, 2.75) is 85.1 Å². The van der Waals surface area contributed by atoms with Crippen LogP contribution in [0.15, 0.2) is 0 Å². The number of rotatable bonds is 8. The van der Waals surface area contributed by atoms with Crippen molar-refractivity contribution in [1.29, 1.82) is 0 Å². The standard InChI is InChI=1S/C16H33N/c1-5-6-7-8-9-10-11-17-15-13-16(3,4)12-14(15)2/h14-15,17H,5-13H2,1-4H3. The fourth-order valence-electron chi connectivity index (χ4n) is 3.36. The maximum absolute atomic E-state index is 3.78. The van der Waals surface area contributed by atoms with E-state index in [-0.39, 0.29) is 0 Å². The summed E-state index contributed by atoms with van der Waals surface area (Å²) in [5, 5.41) is 3.78. The molecule has 0 aliphatic heterocycles. The molecule has 17 heavy (non-hydrogen) atoms. The zero-order valence-electron chi connectivity index (χ0n) is 12.5. The van der Waals surface area contributed by atoms with Crippen molar-refractivity contribution in [3.05, 3.63) is 0 Å². The minimum Gasteiger partial charge on any atom is -0.314 e. The Bertz CT molecular complexity index is 198. The quantitative estimate of drug-likeness (QED) is 0.602. The molecule has 1 aliphatic carbocycles. The molecule has 0 aromatic rings. The van der Waals surface area contributed by atoms with E-state index in [9.17, 15) is 0 Å². The van der Waals surface area contributed by atoms with Crippen LogP contribution < -0.4 is 5.32 Å². The lowest BCUT2D eigenvalue weighted by Gasteiger charge is -2.18. The van der Waals surface area contributed by atoms with Gasteiger partial charge in [-0.15, -0.1) is 0 Å². The second-order valence-corrected chi connectivity index (χ2v) is 6.88. The highest BCUT2D eigenvalue weighted by Crippen LogP contribution is 2.40. The van der Waals surface area contributed by atoms with Gasteiger partial charge in [-0.1, -0.05) is 59.8 Å². The molecule has 102 valence electrons. The third-order valence-corrected chi connectivity index (χ3v) is 4.27. The van der Waals surface area contributed by atoms with E-state index in [1.54, 1.807) is 0 Å². The van der Waals surface area contributed by atoms with Gasteiger partial charge < -0.3 is 5.32 Å². The van der Waals surface area contributed by atoms with Crippen LogP contribution in [0.1, 0.15) is 79.1 Å². The average Bonchev–Trinajstić information content (AvgIpc) is 2.51. The van der Waals surface area contributed by atoms with Crippen LogP contribution >= 0.6 is 0 Å².